The van der Waals surface area contributed by atoms with E-state index in [1.54, 1.807) is 23.7 Å². The van der Waals surface area contributed by atoms with Crippen molar-refractivity contribution in [2.45, 2.75) is 38.6 Å². The summed E-state index contributed by atoms with van der Waals surface area (Å²) >= 11 is 1.63. The van der Waals surface area contributed by atoms with Gasteiger partial charge in [0.2, 0.25) is 0 Å². The SMILES string of the molecule is O=C(CCn1cnc2sc3c(c2c1=O)CCCC3)Oc1ccc2ccccc2c1. The van der Waals surface area contributed by atoms with Gasteiger partial charge in [0.15, 0.2) is 0 Å². The molecule has 2 aromatic carbocycles. The number of esters is 1. The highest BCUT2D eigenvalue weighted by atomic mass is 32.1. The number of carbonyl (C=O) groups excluding carboxylic acids is 1. The molecule has 0 radical (unpaired) electrons. The zero-order valence-electron chi connectivity index (χ0n) is 15.9. The monoisotopic (exact) mass is 404 g/mol. The third-order valence-electron chi connectivity index (χ3n) is 5.45. The third kappa shape index (κ3) is 3.44. The minimum atomic E-state index is -0.361. The van der Waals surface area contributed by atoms with E-state index >= 15 is 0 Å². The van der Waals surface area contributed by atoms with E-state index in [1.807, 2.05) is 36.4 Å². The maximum atomic E-state index is 13.0. The zero-order chi connectivity index (χ0) is 19.8. The van der Waals surface area contributed by atoms with Gasteiger partial charge in [0, 0.05) is 11.4 Å². The Balaban J connectivity index is 1.32. The van der Waals surface area contributed by atoms with Gasteiger partial charge in [-0.2, -0.15) is 0 Å². The van der Waals surface area contributed by atoms with Crippen LogP contribution in [0.4, 0.5) is 0 Å². The van der Waals surface area contributed by atoms with E-state index in [2.05, 4.69) is 4.98 Å². The summed E-state index contributed by atoms with van der Waals surface area (Å²) in [5.41, 5.74) is 1.12. The summed E-state index contributed by atoms with van der Waals surface area (Å²) in [6.07, 6.45) is 5.94. The van der Waals surface area contributed by atoms with Crippen LogP contribution in [0.25, 0.3) is 21.0 Å². The molecule has 29 heavy (non-hydrogen) atoms. The second-order valence-electron chi connectivity index (χ2n) is 7.37. The van der Waals surface area contributed by atoms with Crippen LogP contribution in [-0.4, -0.2) is 15.5 Å². The Hall–Kier alpha value is -2.99. The molecule has 5 nitrogen and oxygen atoms in total. The fourth-order valence-corrected chi connectivity index (χ4v) is 5.19. The summed E-state index contributed by atoms with van der Waals surface area (Å²) in [7, 11) is 0. The number of thiophene rings is 1. The van der Waals surface area contributed by atoms with Gasteiger partial charge in [-0.05, 0) is 54.2 Å². The van der Waals surface area contributed by atoms with Crippen molar-refractivity contribution in [1.82, 2.24) is 9.55 Å². The molecule has 4 aromatic rings. The molecule has 0 saturated carbocycles. The van der Waals surface area contributed by atoms with Crippen LogP contribution in [0.1, 0.15) is 29.7 Å². The topological polar surface area (TPSA) is 61.2 Å². The van der Waals surface area contributed by atoms with E-state index in [1.165, 1.54) is 21.4 Å². The summed E-state index contributed by atoms with van der Waals surface area (Å²) in [5.74, 6) is 0.154. The van der Waals surface area contributed by atoms with Crippen molar-refractivity contribution < 1.29 is 9.53 Å². The molecule has 146 valence electrons. The molecule has 0 bridgehead atoms. The van der Waals surface area contributed by atoms with Crippen molar-refractivity contribution in [1.29, 1.82) is 0 Å². The molecule has 1 aliphatic carbocycles. The largest absolute Gasteiger partial charge is 0.426 e. The average Bonchev–Trinajstić information content (AvgIpc) is 3.12. The van der Waals surface area contributed by atoms with Crippen LogP contribution in [0.5, 0.6) is 5.75 Å². The summed E-state index contributed by atoms with van der Waals surface area (Å²) in [6, 6.07) is 13.5. The first-order valence-corrected chi connectivity index (χ1v) is 10.7. The predicted molar refractivity (Wildman–Crippen MR) is 115 cm³/mol. The van der Waals surface area contributed by atoms with E-state index < -0.39 is 0 Å². The minimum absolute atomic E-state index is 0.0482. The van der Waals surface area contributed by atoms with Crippen LogP contribution >= 0.6 is 11.3 Å². The maximum absolute atomic E-state index is 13.0. The number of aryl methyl sites for hydroxylation is 3. The van der Waals surface area contributed by atoms with Crippen molar-refractivity contribution in [3.8, 4) is 5.75 Å². The highest BCUT2D eigenvalue weighted by molar-refractivity contribution is 7.18. The van der Waals surface area contributed by atoms with Gasteiger partial charge < -0.3 is 4.74 Å². The molecule has 0 fully saturated rings. The van der Waals surface area contributed by atoms with Crippen molar-refractivity contribution in [3.05, 3.63) is 69.6 Å². The molecular weight excluding hydrogens is 384 g/mol. The highest BCUT2D eigenvalue weighted by Crippen LogP contribution is 2.33. The second-order valence-corrected chi connectivity index (χ2v) is 8.45. The standard InChI is InChI=1S/C23H20N2O3S/c26-20(28-17-10-9-15-5-1-2-6-16(15)13-17)11-12-25-14-24-22-21(23(25)27)18-7-3-4-8-19(18)29-22/h1-2,5-6,9-10,13-14H,3-4,7-8,11-12H2. The molecule has 5 rings (SSSR count). The lowest BCUT2D eigenvalue weighted by Gasteiger charge is -2.10. The number of aromatic nitrogens is 2. The number of benzene rings is 2. The lowest BCUT2D eigenvalue weighted by atomic mass is 9.97. The Morgan fingerprint density at radius 3 is 2.83 bits per heavy atom. The van der Waals surface area contributed by atoms with E-state index in [9.17, 15) is 9.59 Å². The summed E-state index contributed by atoms with van der Waals surface area (Å²) < 4.78 is 7.01. The average molecular weight is 404 g/mol. The molecular formula is C23H20N2O3S. The number of ether oxygens (including phenoxy) is 1. The zero-order valence-corrected chi connectivity index (χ0v) is 16.7. The van der Waals surface area contributed by atoms with Crippen LogP contribution in [0, 0.1) is 0 Å². The summed E-state index contributed by atoms with van der Waals surface area (Å²) in [5, 5.41) is 2.86. The molecule has 2 aromatic heterocycles. The second kappa shape index (κ2) is 7.44. The predicted octanol–water partition coefficient (Wildman–Crippen LogP) is 4.49. The molecule has 1 aliphatic rings. The Morgan fingerprint density at radius 1 is 1.10 bits per heavy atom. The van der Waals surface area contributed by atoms with Gasteiger partial charge in [0.25, 0.3) is 5.56 Å². The van der Waals surface area contributed by atoms with Gasteiger partial charge in [-0.1, -0.05) is 30.3 Å². The fourth-order valence-electron chi connectivity index (χ4n) is 3.97. The van der Waals surface area contributed by atoms with Crippen molar-refractivity contribution in [2.24, 2.45) is 0 Å². The van der Waals surface area contributed by atoms with Gasteiger partial charge in [0.1, 0.15) is 10.6 Å². The molecule has 0 aliphatic heterocycles. The van der Waals surface area contributed by atoms with Crippen LogP contribution in [-0.2, 0) is 24.2 Å². The van der Waals surface area contributed by atoms with Crippen LogP contribution in [0.15, 0.2) is 53.6 Å². The molecule has 0 amide bonds. The molecule has 0 N–H and O–H groups in total. The Kier molecular flexibility index (Phi) is 4.64. The molecule has 0 unspecified atom stereocenters. The quantitative estimate of drug-likeness (QED) is 0.372. The van der Waals surface area contributed by atoms with Gasteiger partial charge in [0.05, 0.1) is 18.1 Å². The van der Waals surface area contributed by atoms with E-state index in [-0.39, 0.29) is 24.5 Å². The number of hydrogen-bond donors (Lipinski definition) is 0. The number of nitrogens with zero attached hydrogens (tertiary/aromatic N) is 2. The molecule has 0 atom stereocenters. The van der Waals surface area contributed by atoms with Crippen molar-refractivity contribution in [3.63, 3.8) is 0 Å². The molecule has 0 spiro atoms. The van der Waals surface area contributed by atoms with Gasteiger partial charge >= 0.3 is 5.97 Å². The lowest BCUT2D eigenvalue weighted by molar-refractivity contribution is -0.134. The first kappa shape index (κ1) is 18.1. The van der Waals surface area contributed by atoms with Gasteiger partial charge in [-0.3, -0.25) is 14.2 Å². The summed E-state index contributed by atoms with van der Waals surface area (Å²) in [6.45, 7) is 0.263. The first-order chi connectivity index (χ1) is 14.2. The Bertz CT molecular complexity index is 1290. The number of carbonyl (C=O) groups is 1. The number of rotatable bonds is 4. The van der Waals surface area contributed by atoms with Crippen LogP contribution in [0.3, 0.4) is 0 Å². The minimum Gasteiger partial charge on any atom is -0.426 e. The van der Waals surface area contributed by atoms with Gasteiger partial charge in [-0.15, -0.1) is 11.3 Å². The van der Waals surface area contributed by atoms with Crippen LogP contribution < -0.4 is 10.3 Å². The van der Waals surface area contributed by atoms with Crippen molar-refractivity contribution >= 4 is 38.3 Å². The van der Waals surface area contributed by atoms with Crippen molar-refractivity contribution in [2.75, 3.05) is 0 Å². The smallest absolute Gasteiger partial charge is 0.312 e. The van der Waals surface area contributed by atoms with E-state index in [0.29, 0.717) is 5.75 Å². The maximum Gasteiger partial charge on any atom is 0.312 e. The first-order valence-electron chi connectivity index (χ1n) is 9.88. The Labute approximate surface area is 171 Å². The normalized spacial score (nSPS) is 13.5. The Morgan fingerprint density at radius 2 is 1.93 bits per heavy atom. The molecule has 2 heterocycles. The number of fused-ring (bicyclic) bond motifs is 4. The molecule has 0 saturated heterocycles. The fraction of sp³-hybridized carbons (Fsp3) is 0.261. The van der Waals surface area contributed by atoms with E-state index in [0.717, 1.165) is 40.3 Å². The van der Waals surface area contributed by atoms with E-state index in [4.69, 9.17) is 4.74 Å². The number of hydrogen-bond acceptors (Lipinski definition) is 5. The van der Waals surface area contributed by atoms with Crippen LogP contribution in [0.2, 0.25) is 0 Å². The summed E-state index contributed by atoms with van der Waals surface area (Å²) in [4.78, 5) is 31.9. The third-order valence-corrected chi connectivity index (χ3v) is 6.65. The lowest BCUT2D eigenvalue weighted by Crippen LogP contribution is -2.23. The molecule has 6 heteroatoms. The van der Waals surface area contributed by atoms with Gasteiger partial charge in [-0.25, -0.2) is 4.98 Å². The highest BCUT2D eigenvalue weighted by Gasteiger charge is 2.20.